The summed E-state index contributed by atoms with van der Waals surface area (Å²) < 4.78 is 1.99. The highest BCUT2D eigenvalue weighted by Gasteiger charge is 2.16. The van der Waals surface area contributed by atoms with Crippen LogP contribution in [0.25, 0.3) is 10.9 Å². The van der Waals surface area contributed by atoms with E-state index >= 15 is 0 Å². The lowest BCUT2D eigenvalue weighted by molar-refractivity contribution is 0.102. The van der Waals surface area contributed by atoms with E-state index in [1.54, 1.807) is 0 Å². The van der Waals surface area contributed by atoms with Crippen molar-refractivity contribution in [2.45, 2.75) is 26.3 Å². The molecule has 2 aromatic carbocycles. The van der Waals surface area contributed by atoms with Crippen molar-refractivity contribution in [3.8, 4) is 0 Å². The summed E-state index contributed by atoms with van der Waals surface area (Å²) in [5, 5.41) is 4.01. The Morgan fingerprint density at radius 1 is 1.07 bits per heavy atom. The van der Waals surface area contributed by atoms with Crippen LogP contribution in [0.1, 0.15) is 35.7 Å². The maximum absolute atomic E-state index is 12.7. The van der Waals surface area contributed by atoms with Crippen molar-refractivity contribution in [3.63, 3.8) is 0 Å². The van der Waals surface area contributed by atoms with Gasteiger partial charge in [0.1, 0.15) is 0 Å². The van der Waals surface area contributed by atoms with Crippen LogP contribution < -0.4 is 5.32 Å². The van der Waals surface area contributed by atoms with Gasteiger partial charge in [0.05, 0.1) is 5.56 Å². The van der Waals surface area contributed by atoms with E-state index in [9.17, 15) is 4.79 Å². The molecule has 0 atom stereocenters. The van der Waals surface area contributed by atoms with Crippen molar-refractivity contribution in [1.29, 1.82) is 0 Å². The first-order valence-corrected chi connectivity index (χ1v) is 9.77. The van der Waals surface area contributed by atoms with Gasteiger partial charge in [-0.2, -0.15) is 0 Å². The fourth-order valence-corrected chi connectivity index (χ4v) is 3.89. The van der Waals surface area contributed by atoms with Gasteiger partial charge in [-0.05, 0) is 55.6 Å². The van der Waals surface area contributed by atoms with E-state index in [4.69, 9.17) is 0 Å². The number of benzene rings is 2. The number of aromatic nitrogens is 1. The summed E-state index contributed by atoms with van der Waals surface area (Å²) in [6, 6.07) is 16.2. The van der Waals surface area contributed by atoms with Gasteiger partial charge in [0, 0.05) is 36.4 Å². The Morgan fingerprint density at radius 2 is 1.78 bits per heavy atom. The predicted octanol–water partition coefficient (Wildman–Crippen LogP) is 4.66. The van der Waals surface area contributed by atoms with Crippen LogP contribution in [-0.4, -0.2) is 28.5 Å². The first-order valence-electron chi connectivity index (χ1n) is 9.77. The predicted molar refractivity (Wildman–Crippen MR) is 111 cm³/mol. The third-order valence-corrected chi connectivity index (χ3v) is 5.64. The van der Waals surface area contributed by atoms with Crippen LogP contribution in [0, 0.1) is 5.92 Å². The minimum atomic E-state index is -0.0652. The van der Waals surface area contributed by atoms with E-state index in [-0.39, 0.29) is 5.91 Å². The number of nitrogens with one attached hydrogen (secondary N) is 1. The number of para-hydroxylation sites is 1. The molecule has 1 amide bonds. The topological polar surface area (TPSA) is 37.3 Å². The maximum Gasteiger partial charge on any atom is 0.257 e. The first-order chi connectivity index (χ1) is 13.1. The van der Waals surface area contributed by atoms with Gasteiger partial charge in [-0.1, -0.05) is 37.3 Å². The zero-order chi connectivity index (χ0) is 18.8. The van der Waals surface area contributed by atoms with Crippen LogP contribution in [0.4, 0.5) is 5.69 Å². The third-order valence-electron chi connectivity index (χ3n) is 5.64. The Morgan fingerprint density at radius 3 is 2.52 bits per heavy atom. The molecule has 4 heteroatoms. The number of nitrogens with zero attached hydrogens (tertiary/aromatic N) is 2. The van der Waals surface area contributed by atoms with Crippen molar-refractivity contribution in [2.75, 3.05) is 18.4 Å². The molecule has 4 nitrogen and oxygen atoms in total. The Hall–Kier alpha value is -2.59. The summed E-state index contributed by atoms with van der Waals surface area (Å²) in [6.07, 6.45) is 4.48. The molecule has 4 rings (SSSR count). The zero-order valence-corrected chi connectivity index (χ0v) is 16.1. The fourth-order valence-electron chi connectivity index (χ4n) is 3.89. The van der Waals surface area contributed by atoms with Crippen LogP contribution >= 0.6 is 0 Å². The monoisotopic (exact) mass is 361 g/mol. The Bertz CT molecular complexity index is 934. The molecule has 0 aliphatic carbocycles. The number of fused-ring (bicyclic) bond motifs is 1. The van der Waals surface area contributed by atoms with Crippen LogP contribution in [0.2, 0.25) is 0 Å². The lowest BCUT2D eigenvalue weighted by Crippen LogP contribution is -2.32. The number of likely N-dealkylation sites (tertiary alicyclic amines) is 1. The quantitative estimate of drug-likeness (QED) is 0.734. The van der Waals surface area contributed by atoms with Crippen molar-refractivity contribution in [2.24, 2.45) is 13.0 Å². The van der Waals surface area contributed by atoms with Crippen LogP contribution in [0.5, 0.6) is 0 Å². The lowest BCUT2D eigenvalue weighted by atomic mass is 9.99. The maximum atomic E-state index is 12.7. The van der Waals surface area contributed by atoms with Gasteiger partial charge >= 0.3 is 0 Å². The first kappa shape index (κ1) is 17.8. The van der Waals surface area contributed by atoms with E-state index in [2.05, 4.69) is 29.3 Å². The zero-order valence-electron chi connectivity index (χ0n) is 16.1. The Balaban J connectivity index is 1.42. The molecule has 2 heterocycles. The van der Waals surface area contributed by atoms with E-state index < -0.39 is 0 Å². The van der Waals surface area contributed by atoms with E-state index in [1.807, 2.05) is 54.2 Å². The summed E-state index contributed by atoms with van der Waals surface area (Å²) in [4.78, 5) is 15.3. The lowest BCUT2D eigenvalue weighted by Gasteiger charge is -2.30. The number of rotatable bonds is 4. The number of anilines is 1. The van der Waals surface area contributed by atoms with Crippen LogP contribution in [-0.2, 0) is 13.6 Å². The smallest absolute Gasteiger partial charge is 0.257 e. The second kappa shape index (κ2) is 7.57. The molecule has 1 aliphatic heterocycles. The number of carbonyl (C=O) groups is 1. The SMILES string of the molecule is CC1CCN(Cc2ccc(NC(=O)c3cn(C)c4ccccc34)cc2)CC1. The Kier molecular flexibility index (Phi) is 4.99. The fraction of sp³-hybridized carbons (Fsp3) is 0.348. The Labute approximate surface area is 160 Å². The molecule has 0 spiro atoms. The molecular weight excluding hydrogens is 334 g/mol. The van der Waals surface area contributed by atoms with Crippen molar-refractivity contribution < 1.29 is 4.79 Å². The molecule has 0 saturated carbocycles. The molecule has 27 heavy (non-hydrogen) atoms. The summed E-state index contributed by atoms with van der Waals surface area (Å²) in [7, 11) is 1.97. The molecule has 1 saturated heterocycles. The molecule has 140 valence electrons. The molecule has 1 N–H and O–H groups in total. The van der Waals surface area contributed by atoms with Gasteiger partial charge in [-0.3, -0.25) is 9.69 Å². The second-order valence-corrected chi connectivity index (χ2v) is 7.78. The van der Waals surface area contributed by atoms with E-state index in [1.165, 1.54) is 31.5 Å². The van der Waals surface area contributed by atoms with Crippen molar-refractivity contribution in [3.05, 3.63) is 65.9 Å². The largest absolute Gasteiger partial charge is 0.350 e. The highest BCUT2D eigenvalue weighted by atomic mass is 16.1. The number of amides is 1. The molecule has 0 radical (unpaired) electrons. The van der Waals surface area contributed by atoms with Gasteiger partial charge in [-0.25, -0.2) is 0 Å². The van der Waals surface area contributed by atoms with Gasteiger partial charge in [0.15, 0.2) is 0 Å². The molecule has 1 fully saturated rings. The highest BCUT2D eigenvalue weighted by Crippen LogP contribution is 2.22. The van der Waals surface area contributed by atoms with Gasteiger partial charge in [0.25, 0.3) is 5.91 Å². The summed E-state index contributed by atoms with van der Waals surface area (Å²) in [5.41, 5.74) is 3.91. The molecule has 1 aromatic heterocycles. The minimum absolute atomic E-state index is 0.0652. The average molecular weight is 361 g/mol. The average Bonchev–Trinajstić information content (AvgIpc) is 3.02. The summed E-state index contributed by atoms with van der Waals surface area (Å²) >= 11 is 0. The van der Waals surface area contributed by atoms with Crippen LogP contribution in [0.3, 0.4) is 0 Å². The summed E-state index contributed by atoms with van der Waals surface area (Å²) in [5.74, 6) is 0.789. The molecule has 1 aliphatic rings. The van der Waals surface area contributed by atoms with Crippen molar-refractivity contribution >= 4 is 22.5 Å². The van der Waals surface area contributed by atoms with Crippen molar-refractivity contribution in [1.82, 2.24) is 9.47 Å². The molecular formula is C23H27N3O. The van der Waals surface area contributed by atoms with Gasteiger partial charge < -0.3 is 9.88 Å². The number of piperidine rings is 1. The van der Waals surface area contributed by atoms with Crippen LogP contribution in [0.15, 0.2) is 54.7 Å². The third kappa shape index (κ3) is 3.91. The number of carbonyl (C=O) groups excluding carboxylic acids is 1. The number of aryl methyl sites for hydroxylation is 1. The van der Waals surface area contributed by atoms with Gasteiger partial charge in [0.2, 0.25) is 0 Å². The molecule has 0 unspecified atom stereocenters. The van der Waals surface area contributed by atoms with E-state index in [0.717, 1.165) is 29.1 Å². The molecule has 0 bridgehead atoms. The molecule has 3 aromatic rings. The van der Waals surface area contributed by atoms with Gasteiger partial charge in [-0.15, -0.1) is 0 Å². The highest BCUT2D eigenvalue weighted by molar-refractivity contribution is 6.12. The summed E-state index contributed by atoms with van der Waals surface area (Å²) in [6.45, 7) is 5.69. The second-order valence-electron chi connectivity index (χ2n) is 7.78. The van der Waals surface area contributed by atoms with E-state index in [0.29, 0.717) is 5.56 Å². The normalized spacial score (nSPS) is 15.9. The standard InChI is InChI=1S/C23H27N3O/c1-17-11-13-26(14-12-17)15-18-7-9-19(10-8-18)24-23(27)21-16-25(2)22-6-4-3-5-20(21)22/h3-10,16-17H,11-15H2,1-2H3,(H,24,27). The number of hydrogen-bond acceptors (Lipinski definition) is 2. The minimum Gasteiger partial charge on any atom is -0.350 e. The number of hydrogen-bond donors (Lipinski definition) is 1.